The Kier molecular flexibility index (Phi) is 5.70. The molecule has 0 saturated carbocycles. The van der Waals surface area contributed by atoms with E-state index in [0.717, 1.165) is 19.4 Å². The van der Waals surface area contributed by atoms with Gasteiger partial charge in [-0.05, 0) is 24.6 Å². The van der Waals surface area contributed by atoms with Crippen molar-refractivity contribution in [2.75, 3.05) is 18.9 Å². The van der Waals surface area contributed by atoms with Crippen LogP contribution in [0.15, 0.2) is 42.7 Å². The van der Waals surface area contributed by atoms with Gasteiger partial charge in [0.05, 0.1) is 28.7 Å². The van der Waals surface area contributed by atoms with Crippen molar-refractivity contribution in [1.29, 1.82) is 5.26 Å². The number of carbonyl (C=O) groups excluding carboxylic acids is 1. The van der Waals surface area contributed by atoms with E-state index in [-0.39, 0.29) is 5.91 Å². The number of carbonyl (C=O) groups is 1. The van der Waals surface area contributed by atoms with Gasteiger partial charge in [0.25, 0.3) is 5.91 Å². The molecule has 0 radical (unpaired) electrons. The van der Waals surface area contributed by atoms with Gasteiger partial charge in [0, 0.05) is 19.8 Å². The number of nitrogens with zero attached hydrogens (tertiary/aromatic N) is 3. The summed E-state index contributed by atoms with van der Waals surface area (Å²) in [6.07, 6.45) is 5.22. The van der Waals surface area contributed by atoms with Gasteiger partial charge in [-0.2, -0.15) is 5.26 Å². The molecule has 2 rings (SSSR count). The number of para-hydroxylation sites is 1. The molecule has 0 saturated heterocycles. The maximum atomic E-state index is 12.4. The van der Waals surface area contributed by atoms with Crippen LogP contribution in [0, 0.1) is 11.3 Å². The van der Waals surface area contributed by atoms with Crippen LogP contribution in [0.25, 0.3) is 0 Å². The summed E-state index contributed by atoms with van der Waals surface area (Å²) in [5, 5.41) is 12.3. The molecule has 1 N–H and O–H groups in total. The number of nitriles is 1. The second-order valence-corrected chi connectivity index (χ2v) is 5.32. The Morgan fingerprint density at radius 3 is 2.87 bits per heavy atom. The van der Waals surface area contributed by atoms with Crippen molar-refractivity contribution >= 4 is 17.3 Å². The number of amides is 1. The van der Waals surface area contributed by atoms with Crippen LogP contribution in [0.4, 0.5) is 11.4 Å². The number of aromatic nitrogens is 1. The zero-order valence-electron chi connectivity index (χ0n) is 13.4. The van der Waals surface area contributed by atoms with Gasteiger partial charge in [-0.3, -0.25) is 9.78 Å². The second-order valence-electron chi connectivity index (χ2n) is 5.32. The Morgan fingerprint density at radius 2 is 2.13 bits per heavy atom. The fourth-order valence-electron chi connectivity index (χ4n) is 2.19. The van der Waals surface area contributed by atoms with Crippen molar-refractivity contribution in [2.45, 2.75) is 19.8 Å². The number of rotatable bonds is 6. The van der Waals surface area contributed by atoms with Gasteiger partial charge in [-0.15, -0.1) is 0 Å². The number of unbranched alkanes of at least 4 members (excludes halogenated alkanes) is 1. The maximum absolute atomic E-state index is 12.4. The first-order valence-corrected chi connectivity index (χ1v) is 7.62. The Morgan fingerprint density at radius 1 is 1.35 bits per heavy atom. The van der Waals surface area contributed by atoms with E-state index in [1.54, 1.807) is 36.5 Å². The zero-order valence-corrected chi connectivity index (χ0v) is 13.4. The molecule has 23 heavy (non-hydrogen) atoms. The van der Waals surface area contributed by atoms with E-state index in [9.17, 15) is 4.79 Å². The number of nitrogens with one attached hydrogen (secondary N) is 1. The van der Waals surface area contributed by atoms with Gasteiger partial charge in [0.2, 0.25) is 0 Å². The van der Waals surface area contributed by atoms with E-state index in [1.165, 1.54) is 0 Å². The first kappa shape index (κ1) is 16.5. The van der Waals surface area contributed by atoms with Crippen molar-refractivity contribution < 1.29 is 4.79 Å². The van der Waals surface area contributed by atoms with E-state index >= 15 is 0 Å². The van der Waals surface area contributed by atoms with E-state index < -0.39 is 0 Å². The lowest BCUT2D eigenvalue weighted by molar-refractivity contribution is 0.0793. The molecule has 1 heterocycles. The summed E-state index contributed by atoms with van der Waals surface area (Å²) in [5.41, 5.74) is 2.45. The summed E-state index contributed by atoms with van der Waals surface area (Å²) in [7, 11) is 1.79. The lowest BCUT2D eigenvalue weighted by Gasteiger charge is -2.17. The minimum atomic E-state index is -0.0526. The van der Waals surface area contributed by atoms with Crippen LogP contribution < -0.4 is 5.32 Å². The van der Waals surface area contributed by atoms with Crippen LogP contribution in [-0.2, 0) is 0 Å². The predicted octanol–water partition coefficient (Wildman–Crippen LogP) is 3.57. The number of anilines is 2. The molecule has 5 heteroatoms. The van der Waals surface area contributed by atoms with E-state index in [0.29, 0.717) is 22.5 Å². The van der Waals surface area contributed by atoms with Crippen LogP contribution in [0.5, 0.6) is 0 Å². The number of hydrogen-bond acceptors (Lipinski definition) is 4. The molecule has 0 fully saturated rings. The lowest BCUT2D eigenvalue weighted by atomic mass is 10.2. The quantitative estimate of drug-likeness (QED) is 0.885. The van der Waals surface area contributed by atoms with E-state index in [4.69, 9.17) is 5.26 Å². The van der Waals surface area contributed by atoms with Gasteiger partial charge in [-0.1, -0.05) is 25.5 Å². The molecule has 1 aromatic heterocycles. The van der Waals surface area contributed by atoms with Crippen LogP contribution in [-0.4, -0.2) is 29.4 Å². The SMILES string of the molecule is CCCCN(C)C(=O)c1cncc(Nc2ccccc2C#N)c1. The second kappa shape index (κ2) is 7.95. The summed E-state index contributed by atoms with van der Waals surface area (Å²) in [4.78, 5) is 18.2. The van der Waals surface area contributed by atoms with Crippen molar-refractivity contribution in [1.82, 2.24) is 9.88 Å². The van der Waals surface area contributed by atoms with Crippen molar-refractivity contribution in [2.24, 2.45) is 0 Å². The van der Waals surface area contributed by atoms with Gasteiger partial charge in [0.1, 0.15) is 6.07 Å². The Labute approximate surface area is 136 Å². The molecule has 0 atom stereocenters. The summed E-state index contributed by atoms with van der Waals surface area (Å²) in [6, 6.07) is 11.1. The molecule has 5 nitrogen and oxygen atoms in total. The standard InChI is InChI=1S/C18H20N4O/c1-3-4-9-22(2)18(23)15-10-16(13-20-12-15)21-17-8-6-5-7-14(17)11-19/h5-8,10,12-13,21H,3-4,9H2,1-2H3. The highest BCUT2D eigenvalue weighted by Gasteiger charge is 2.12. The minimum Gasteiger partial charge on any atom is -0.353 e. The minimum absolute atomic E-state index is 0.0526. The van der Waals surface area contributed by atoms with Crippen LogP contribution in [0.1, 0.15) is 35.7 Å². The molecular weight excluding hydrogens is 288 g/mol. The summed E-state index contributed by atoms with van der Waals surface area (Å²) < 4.78 is 0. The zero-order chi connectivity index (χ0) is 16.7. The third kappa shape index (κ3) is 4.30. The molecule has 2 aromatic rings. The van der Waals surface area contributed by atoms with Crippen molar-refractivity contribution in [3.05, 3.63) is 53.9 Å². The van der Waals surface area contributed by atoms with Gasteiger partial charge >= 0.3 is 0 Å². The van der Waals surface area contributed by atoms with Crippen molar-refractivity contribution in [3.63, 3.8) is 0 Å². The number of benzene rings is 1. The molecule has 0 unspecified atom stereocenters. The predicted molar refractivity (Wildman–Crippen MR) is 90.5 cm³/mol. The first-order valence-electron chi connectivity index (χ1n) is 7.62. The Hall–Kier alpha value is -2.87. The third-order valence-corrected chi connectivity index (χ3v) is 3.51. The highest BCUT2D eigenvalue weighted by molar-refractivity contribution is 5.94. The molecule has 0 aliphatic carbocycles. The van der Waals surface area contributed by atoms with Gasteiger partial charge < -0.3 is 10.2 Å². The van der Waals surface area contributed by atoms with Crippen LogP contribution in [0.2, 0.25) is 0 Å². The molecule has 0 aliphatic rings. The normalized spacial score (nSPS) is 9.96. The Balaban J connectivity index is 2.17. The summed E-state index contributed by atoms with van der Waals surface area (Å²) >= 11 is 0. The summed E-state index contributed by atoms with van der Waals surface area (Å²) in [6.45, 7) is 2.82. The van der Waals surface area contributed by atoms with Gasteiger partial charge in [-0.25, -0.2) is 0 Å². The molecule has 0 spiro atoms. The monoisotopic (exact) mass is 308 g/mol. The first-order chi connectivity index (χ1) is 11.2. The van der Waals surface area contributed by atoms with E-state index in [1.807, 2.05) is 18.2 Å². The fourth-order valence-corrected chi connectivity index (χ4v) is 2.19. The highest BCUT2D eigenvalue weighted by atomic mass is 16.2. The number of hydrogen-bond donors (Lipinski definition) is 1. The average molecular weight is 308 g/mol. The van der Waals surface area contributed by atoms with Gasteiger partial charge in [0.15, 0.2) is 0 Å². The van der Waals surface area contributed by atoms with Crippen molar-refractivity contribution in [3.8, 4) is 6.07 Å². The molecule has 1 amide bonds. The third-order valence-electron chi connectivity index (χ3n) is 3.51. The topological polar surface area (TPSA) is 69.0 Å². The molecule has 1 aromatic carbocycles. The van der Waals surface area contributed by atoms with Crippen LogP contribution in [0.3, 0.4) is 0 Å². The van der Waals surface area contributed by atoms with Crippen LogP contribution >= 0.6 is 0 Å². The number of pyridine rings is 1. The molecule has 0 bridgehead atoms. The highest BCUT2D eigenvalue weighted by Crippen LogP contribution is 2.20. The molecule has 118 valence electrons. The average Bonchev–Trinajstić information content (AvgIpc) is 2.59. The lowest BCUT2D eigenvalue weighted by Crippen LogP contribution is -2.27. The smallest absolute Gasteiger partial charge is 0.255 e. The largest absolute Gasteiger partial charge is 0.353 e. The molecular formula is C18H20N4O. The Bertz CT molecular complexity index is 721. The molecule has 0 aliphatic heterocycles. The summed E-state index contributed by atoms with van der Waals surface area (Å²) in [5.74, 6) is -0.0526. The maximum Gasteiger partial charge on any atom is 0.255 e. The van der Waals surface area contributed by atoms with E-state index in [2.05, 4.69) is 23.3 Å². The fraction of sp³-hybridized carbons (Fsp3) is 0.278.